The zero-order valence-corrected chi connectivity index (χ0v) is 17.7. The molecule has 2 aliphatic rings. The van der Waals surface area contributed by atoms with Crippen molar-refractivity contribution in [2.24, 2.45) is 0 Å². The van der Waals surface area contributed by atoms with Crippen LogP contribution >= 0.6 is 0 Å². The monoisotopic (exact) mass is 417 g/mol. The van der Waals surface area contributed by atoms with Crippen molar-refractivity contribution in [2.75, 3.05) is 52.5 Å². The van der Waals surface area contributed by atoms with E-state index < -0.39 is 0 Å². The molecule has 0 atom stereocenters. The normalized spacial score (nSPS) is 17.3. The molecule has 0 radical (unpaired) electrons. The largest absolute Gasteiger partial charge is 0.483 e. The number of nitrogens with zero attached hydrogens (tertiary/aromatic N) is 3. The third-order valence-electron chi connectivity index (χ3n) is 5.52. The fourth-order valence-electron chi connectivity index (χ4n) is 3.80. The van der Waals surface area contributed by atoms with Crippen LogP contribution in [0.3, 0.4) is 0 Å². The fraction of sp³-hybridized carbons (Fsp3) is 0.591. The van der Waals surface area contributed by atoms with Crippen molar-refractivity contribution in [3.63, 3.8) is 0 Å². The minimum atomic E-state index is -0.347. The Hall–Kier alpha value is -2.77. The number of carbonyl (C=O) groups excluding carboxylic acids is 3. The summed E-state index contributed by atoms with van der Waals surface area (Å²) in [4.78, 5) is 42.6. The minimum Gasteiger partial charge on any atom is -0.483 e. The number of hydrogen-bond acceptors (Lipinski definition) is 5. The summed E-state index contributed by atoms with van der Waals surface area (Å²) in [5.41, 5.74) is 0.436. The number of para-hydroxylation sites is 1. The van der Waals surface area contributed by atoms with Crippen molar-refractivity contribution in [1.29, 1.82) is 0 Å². The summed E-state index contributed by atoms with van der Waals surface area (Å²) in [5, 5.41) is 0. The lowest BCUT2D eigenvalue weighted by molar-refractivity contribution is -0.133. The predicted molar refractivity (Wildman–Crippen MR) is 111 cm³/mol. The standard InChI is InChI=1S/C22H31N3O5/c1-2-29-22(28)25-15-13-24(14-16-25)21(27)18-9-5-6-10-19(18)30-17-20(26)23-11-7-3-4-8-12-23/h5-6,9-10H,2-4,7-8,11-17H2,1H3. The van der Waals surface area contributed by atoms with Gasteiger partial charge < -0.3 is 24.2 Å². The molecule has 2 aliphatic heterocycles. The molecule has 2 fully saturated rings. The molecule has 0 saturated carbocycles. The highest BCUT2D eigenvalue weighted by Gasteiger charge is 2.27. The lowest BCUT2D eigenvalue weighted by Crippen LogP contribution is -2.50. The third kappa shape index (κ3) is 5.64. The molecule has 8 heteroatoms. The molecule has 30 heavy (non-hydrogen) atoms. The molecule has 0 unspecified atom stereocenters. The summed E-state index contributed by atoms with van der Waals surface area (Å²) >= 11 is 0. The van der Waals surface area contributed by atoms with Crippen molar-refractivity contribution >= 4 is 17.9 Å². The van der Waals surface area contributed by atoms with Gasteiger partial charge >= 0.3 is 6.09 Å². The number of hydrogen-bond donors (Lipinski definition) is 0. The first-order valence-corrected chi connectivity index (χ1v) is 10.8. The molecule has 0 aliphatic carbocycles. The predicted octanol–water partition coefficient (Wildman–Crippen LogP) is 2.38. The molecule has 2 saturated heterocycles. The van der Waals surface area contributed by atoms with Gasteiger partial charge in [-0.2, -0.15) is 0 Å². The summed E-state index contributed by atoms with van der Waals surface area (Å²) in [6.45, 7) is 5.30. The lowest BCUT2D eigenvalue weighted by Gasteiger charge is -2.34. The molecule has 0 aromatic heterocycles. The number of benzene rings is 1. The smallest absolute Gasteiger partial charge is 0.409 e. The van der Waals surface area contributed by atoms with Crippen LogP contribution in [-0.2, 0) is 9.53 Å². The van der Waals surface area contributed by atoms with Gasteiger partial charge in [-0.25, -0.2) is 4.79 Å². The van der Waals surface area contributed by atoms with Gasteiger partial charge in [-0.05, 0) is 31.9 Å². The molecule has 8 nitrogen and oxygen atoms in total. The first-order valence-electron chi connectivity index (χ1n) is 10.8. The van der Waals surface area contributed by atoms with Gasteiger partial charge in [0.15, 0.2) is 6.61 Å². The molecule has 3 amide bonds. The quantitative estimate of drug-likeness (QED) is 0.735. The zero-order valence-electron chi connectivity index (χ0n) is 17.7. The van der Waals surface area contributed by atoms with Crippen molar-refractivity contribution in [1.82, 2.24) is 14.7 Å². The van der Waals surface area contributed by atoms with Crippen LogP contribution in [0.4, 0.5) is 4.79 Å². The molecule has 3 rings (SSSR count). The summed E-state index contributed by atoms with van der Waals surface area (Å²) in [7, 11) is 0. The molecule has 1 aromatic rings. The summed E-state index contributed by atoms with van der Waals surface area (Å²) in [6.07, 6.45) is 4.02. The van der Waals surface area contributed by atoms with Crippen LogP contribution in [0.2, 0.25) is 0 Å². The van der Waals surface area contributed by atoms with Gasteiger partial charge in [-0.3, -0.25) is 9.59 Å². The third-order valence-corrected chi connectivity index (χ3v) is 5.52. The van der Waals surface area contributed by atoms with E-state index in [1.807, 2.05) is 4.90 Å². The topological polar surface area (TPSA) is 79.4 Å². The van der Waals surface area contributed by atoms with Crippen LogP contribution < -0.4 is 4.74 Å². The number of ether oxygens (including phenoxy) is 2. The Kier molecular flexibility index (Phi) is 7.93. The van der Waals surface area contributed by atoms with Crippen LogP contribution in [0, 0.1) is 0 Å². The number of amides is 3. The highest BCUT2D eigenvalue weighted by Crippen LogP contribution is 2.21. The maximum atomic E-state index is 13.0. The lowest BCUT2D eigenvalue weighted by atomic mass is 10.1. The Labute approximate surface area is 177 Å². The maximum Gasteiger partial charge on any atom is 0.409 e. The van der Waals surface area contributed by atoms with E-state index in [9.17, 15) is 14.4 Å². The van der Waals surface area contributed by atoms with Crippen molar-refractivity contribution in [3.05, 3.63) is 29.8 Å². The van der Waals surface area contributed by atoms with Gasteiger partial charge in [0.25, 0.3) is 11.8 Å². The fourth-order valence-corrected chi connectivity index (χ4v) is 3.80. The Morgan fingerprint density at radius 2 is 1.47 bits per heavy atom. The van der Waals surface area contributed by atoms with Gasteiger partial charge in [0.2, 0.25) is 0 Å². The average Bonchev–Trinajstić information content (AvgIpc) is 3.07. The number of piperazine rings is 1. The molecule has 164 valence electrons. The van der Waals surface area contributed by atoms with E-state index in [1.165, 1.54) is 0 Å². The van der Waals surface area contributed by atoms with Crippen molar-refractivity contribution in [2.45, 2.75) is 32.6 Å². The van der Waals surface area contributed by atoms with Gasteiger partial charge in [0.1, 0.15) is 5.75 Å². The second kappa shape index (κ2) is 10.8. The minimum absolute atomic E-state index is 0.0396. The molecule has 0 N–H and O–H groups in total. The van der Waals surface area contributed by atoms with Gasteiger partial charge in [0.05, 0.1) is 12.2 Å². The Morgan fingerprint density at radius 3 is 2.13 bits per heavy atom. The van der Waals surface area contributed by atoms with Crippen LogP contribution in [-0.4, -0.2) is 85.1 Å². The van der Waals surface area contributed by atoms with E-state index in [-0.39, 0.29) is 24.5 Å². The van der Waals surface area contributed by atoms with Crippen LogP contribution in [0.1, 0.15) is 43.0 Å². The van der Waals surface area contributed by atoms with Crippen molar-refractivity contribution < 1.29 is 23.9 Å². The van der Waals surface area contributed by atoms with E-state index in [2.05, 4.69) is 0 Å². The molecule has 0 spiro atoms. The second-order valence-corrected chi connectivity index (χ2v) is 7.56. The van der Waals surface area contributed by atoms with Gasteiger partial charge in [0, 0.05) is 39.3 Å². The van der Waals surface area contributed by atoms with E-state index in [0.29, 0.717) is 44.1 Å². The van der Waals surface area contributed by atoms with E-state index in [4.69, 9.17) is 9.47 Å². The first-order chi connectivity index (χ1) is 14.6. The van der Waals surface area contributed by atoms with E-state index >= 15 is 0 Å². The van der Waals surface area contributed by atoms with Gasteiger partial charge in [-0.1, -0.05) is 25.0 Å². The second-order valence-electron chi connectivity index (χ2n) is 7.56. The molecular weight excluding hydrogens is 386 g/mol. The highest BCUT2D eigenvalue weighted by atomic mass is 16.6. The summed E-state index contributed by atoms with van der Waals surface area (Å²) in [6, 6.07) is 7.01. The molecule has 0 bridgehead atoms. The first kappa shape index (κ1) is 21.9. The zero-order chi connectivity index (χ0) is 21.3. The Morgan fingerprint density at radius 1 is 0.833 bits per heavy atom. The molecular formula is C22H31N3O5. The van der Waals surface area contributed by atoms with Crippen LogP contribution in [0.5, 0.6) is 5.75 Å². The molecule has 2 heterocycles. The SMILES string of the molecule is CCOC(=O)N1CCN(C(=O)c2ccccc2OCC(=O)N2CCCCCC2)CC1. The highest BCUT2D eigenvalue weighted by molar-refractivity contribution is 5.97. The summed E-state index contributed by atoms with van der Waals surface area (Å²) < 4.78 is 10.8. The van der Waals surface area contributed by atoms with Crippen molar-refractivity contribution in [3.8, 4) is 5.75 Å². The van der Waals surface area contributed by atoms with E-state index in [1.54, 1.807) is 41.0 Å². The summed E-state index contributed by atoms with van der Waals surface area (Å²) in [5.74, 6) is 0.219. The number of likely N-dealkylation sites (tertiary alicyclic amines) is 1. The van der Waals surface area contributed by atoms with E-state index in [0.717, 1.165) is 38.8 Å². The number of rotatable bonds is 5. The molecule has 1 aromatic carbocycles. The van der Waals surface area contributed by atoms with Crippen LogP contribution in [0.15, 0.2) is 24.3 Å². The average molecular weight is 418 g/mol. The number of carbonyl (C=O) groups is 3. The van der Waals surface area contributed by atoms with Crippen LogP contribution in [0.25, 0.3) is 0 Å². The maximum absolute atomic E-state index is 13.0. The Bertz CT molecular complexity index is 738. The van der Waals surface area contributed by atoms with Gasteiger partial charge in [-0.15, -0.1) is 0 Å². The Balaban J connectivity index is 1.57.